The van der Waals surface area contributed by atoms with E-state index in [0.717, 1.165) is 98.6 Å². The van der Waals surface area contributed by atoms with Gasteiger partial charge in [-0.1, -0.05) is 109 Å². The van der Waals surface area contributed by atoms with E-state index in [1.807, 2.05) is 84.9 Å². The predicted octanol–water partition coefficient (Wildman–Crippen LogP) is 13.1. The molecule has 0 spiro atoms. The molecule has 56 heavy (non-hydrogen) atoms. The van der Waals surface area contributed by atoms with Gasteiger partial charge in [0, 0.05) is 54.2 Å². The molecule has 0 N–H and O–H groups in total. The van der Waals surface area contributed by atoms with Crippen molar-refractivity contribution >= 4 is 87.5 Å². The predicted molar refractivity (Wildman–Crippen MR) is 225 cm³/mol. The van der Waals surface area contributed by atoms with Crippen molar-refractivity contribution in [3.05, 3.63) is 169 Å². The lowest BCUT2D eigenvalue weighted by molar-refractivity contribution is 0.670. The first-order valence-electron chi connectivity index (χ1n) is 18.5. The number of furan rings is 2. The Labute approximate surface area is 318 Å². The maximum atomic E-state index is 10.9. The van der Waals surface area contributed by atoms with Crippen LogP contribution in [0.3, 0.4) is 0 Å². The molecule has 12 rings (SSSR count). The summed E-state index contributed by atoms with van der Waals surface area (Å²) in [7, 11) is 0. The highest BCUT2D eigenvalue weighted by Crippen LogP contribution is 2.46. The van der Waals surface area contributed by atoms with Gasteiger partial charge in [-0.3, -0.25) is 0 Å². The van der Waals surface area contributed by atoms with E-state index in [-0.39, 0.29) is 0 Å². The average Bonchev–Trinajstić information content (AvgIpc) is 4.01. The zero-order chi connectivity index (χ0) is 37.1. The lowest BCUT2D eigenvalue weighted by Crippen LogP contribution is -2.05. The highest BCUT2D eigenvalue weighted by atomic mass is 16.3. The third-order valence-electron chi connectivity index (χ3n) is 11.4. The van der Waals surface area contributed by atoms with Gasteiger partial charge in [0.05, 0.1) is 44.6 Å². The second kappa shape index (κ2) is 11.2. The van der Waals surface area contributed by atoms with Gasteiger partial charge in [0.2, 0.25) is 0 Å². The van der Waals surface area contributed by atoms with Crippen molar-refractivity contribution in [3.8, 4) is 34.6 Å². The number of aromatic nitrogens is 2. The van der Waals surface area contributed by atoms with Crippen LogP contribution in [-0.4, -0.2) is 9.13 Å². The van der Waals surface area contributed by atoms with Crippen LogP contribution in [0.1, 0.15) is 11.1 Å². The lowest BCUT2D eigenvalue weighted by Gasteiger charge is -2.20. The molecule has 0 aliphatic heterocycles. The van der Waals surface area contributed by atoms with E-state index in [4.69, 9.17) is 8.83 Å². The molecule has 0 saturated carbocycles. The molecule has 0 atom stereocenters. The molecule has 0 aliphatic rings. The fraction of sp³-hybridized carbons (Fsp3) is 0. The largest absolute Gasteiger partial charge is 0.454 e. The van der Waals surface area contributed by atoms with Crippen molar-refractivity contribution in [2.75, 3.05) is 0 Å². The summed E-state index contributed by atoms with van der Waals surface area (Å²) in [4.78, 5) is 0. The summed E-state index contributed by atoms with van der Waals surface area (Å²) in [5, 5.41) is 30.0. The number of fused-ring (bicyclic) bond motifs is 14. The number of nitrogens with zero attached hydrogens (tertiary/aromatic N) is 4. The SMILES string of the molecule is N#Cc1cccc(-c2cccc(C#N)c2-n2c3ccccc3c3ccc4c5ccccc5oc4c32)c1-n1c2ccccc2c2ccc3c4ccccc4oc3c21. The summed E-state index contributed by atoms with van der Waals surface area (Å²) in [5.41, 5.74) is 10.7. The molecule has 8 aromatic carbocycles. The molecule has 4 heterocycles. The van der Waals surface area contributed by atoms with Crippen LogP contribution < -0.4 is 0 Å². The number of hydrogen-bond donors (Lipinski definition) is 0. The van der Waals surface area contributed by atoms with Crippen molar-refractivity contribution in [1.82, 2.24) is 9.13 Å². The quantitative estimate of drug-likeness (QED) is 0.182. The van der Waals surface area contributed by atoms with E-state index in [0.29, 0.717) is 22.5 Å². The van der Waals surface area contributed by atoms with Crippen LogP contribution >= 0.6 is 0 Å². The molecule has 12 aromatic rings. The van der Waals surface area contributed by atoms with E-state index in [1.165, 1.54) is 0 Å². The van der Waals surface area contributed by atoms with E-state index in [1.54, 1.807) is 0 Å². The van der Waals surface area contributed by atoms with Crippen molar-refractivity contribution in [1.29, 1.82) is 10.5 Å². The molecule has 6 heteroatoms. The first-order valence-corrected chi connectivity index (χ1v) is 18.5. The summed E-state index contributed by atoms with van der Waals surface area (Å²) < 4.78 is 17.8. The first kappa shape index (κ1) is 30.4. The van der Waals surface area contributed by atoms with Gasteiger partial charge in [-0.05, 0) is 48.5 Å². The Hall–Kier alpha value is -8.06. The lowest BCUT2D eigenvalue weighted by atomic mass is 9.95. The van der Waals surface area contributed by atoms with Gasteiger partial charge in [0.1, 0.15) is 23.3 Å². The molecule has 6 nitrogen and oxygen atoms in total. The Bertz CT molecular complexity index is 3500. The Morgan fingerprint density at radius 1 is 0.357 bits per heavy atom. The monoisotopic (exact) mass is 714 g/mol. The molecule has 0 amide bonds. The van der Waals surface area contributed by atoms with Crippen LogP contribution in [0.2, 0.25) is 0 Å². The number of benzene rings is 8. The van der Waals surface area contributed by atoms with E-state index in [9.17, 15) is 10.5 Å². The summed E-state index contributed by atoms with van der Waals surface area (Å²) in [6.45, 7) is 0. The molecular formula is C50H26N4O2. The van der Waals surface area contributed by atoms with Gasteiger partial charge in [0.25, 0.3) is 0 Å². The second-order valence-corrected chi connectivity index (χ2v) is 14.2. The highest BCUT2D eigenvalue weighted by molar-refractivity contribution is 6.23. The number of para-hydroxylation sites is 6. The van der Waals surface area contributed by atoms with E-state index >= 15 is 0 Å². The fourth-order valence-corrected chi connectivity index (χ4v) is 9.11. The summed E-state index contributed by atoms with van der Waals surface area (Å²) >= 11 is 0. The zero-order valence-corrected chi connectivity index (χ0v) is 29.6. The standard InChI is InChI=1S/C50H26N4O2/c51-27-29-11-9-17-35(45(29)53-41-19-5-1-13-31(41)37-23-25-39-33-15-3-7-21-43(33)55-49(39)47(37)53)36-18-10-12-30(28-52)46(36)54-42-20-6-2-14-32(42)38-24-26-40-34-16-4-8-22-44(34)56-50(40)48(38)54/h1-26H. The minimum atomic E-state index is 0.494. The van der Waals surface area contributed by atoms with Gasteiger partial charge in [0.15, 0.2) is 11.2 Å². The highest BCUT2D eigenvalue weighted by Gasteiger charge is 2.27. The number of hydrogen-bond acceptors (Lipinski definition) is 4. The smallest absolute Gasteiger partial charge is 0.160 e. The molecule has 4 aromatic heterocycles. The molecule has 0 aliphatic carbocycles. The summed E-state index contributed by atoms with van der Waals surface area (Å²) in [5.74, 6) is 0. The Kier molecular flexibility index (Phi) is 6.10. The third kappa shape index (κ3) is 3.92. The van der Waals surface area contributed by atoms with Gasteiger partial charge in [-0.2, -0.15) is 10.5 Å². The Morgan fingerprint density at radius 3 is 1.20 bits per heavy atom. The van der Waals surface area contributed by atoms with Crippen LogP contribution in [0, 0.1) is 22.7 Å². The van der Waals surface area contributed by atoms with Gasteiger partial charge in [-0.25, -0.2) is 0 Å². The van der Waals surface area contributed by atoms with E-state index < -0.39 is 0 Å². The van der Waals surface area contributed by atoms with Crippen LogP contribution in [0.4, 0.5) is 0 Å². The molecule has 0 unspecified atom stereocenters. The number of nitriles is 2. The van der Waals surface area contributed by atoms with Crippen molar-refractivity contribution in [3.63, 3.8) is 0 Å². The van der Waals surface area contributed by atoms with Crippen LogP contribution in [0.15, 0.2) is 167 Å². The van der Waals surface area contributed by atoms with Crippen molar-refractivity contribution in [2.24, 2.45) is 0 Å². The molecule has 258 valence electrons. The molecule has 0 fully saturated rings. The zero-order valence-electron chi connectivity index (χ0n) is 29.6. The summed E-state index contributed by atoms with van der Waals surface area (Å²) in [6, 6.07) is 58.1. The maximum absolute atomic E-state index is 10.9. The third-order valence-corrected chi connectivity index (χ3v) is 11.4. The van der Waals surface area contributed by atoms with Gasteiger partial charge in [-0.15, -0.1) is 0 Å². The van der Waals surface area contributed by atoms with Crippen LogP contribution in [0.5, 0.6) is 0 Å². The first-order chi connectivity index (χ1) is 27.7. The molecule has 0 saturated heterocycles. The molecule has 0 bridgehead atoms. The van der Waals surface area contributed by atoms with Crippen molar-refractivity contribution < 1.29 is 8.83 Å². The van der Waals surface area contributed by atoms with Crippen LogP contribution in [-0.2, 0) is 0 Å². The summed E-state index contributed by atoms with van der Waals surface area (Å²) in [6.07, 6.45) is 0. The Morgan fingerprint density at radius 2 is 0.750 bits per heavy atom. The van der Waals surface area contributed by atoms with Gasteiger partial charge >= 0.3 is 0 Å². The van der Waals surface area contributed by atoms with Crippen LogP contribution in [0.25, 0.3) is 110 Å². The molecule has 0 radical (unpaired) electrons. The minimum Gasteiger partial charge on any atom is -0.454 e. The Balaban J connectivity index is 1.26. The minimum absolute atomic E-state index is 0.494. The molecular weight excluding hydrogens is 689 g/mol. The van der Waals surface area contributed by atoms with E-state index in [2.05, 4.69) is 94.1 Å². The van der Waals surface area contributed by atoms with Gasteiger partial charge < -0.3 is 18.0 Å². The fourth-order valence-electron chi connectivity index (χ4n) is 9.11. The second-order valence-electron chi connectivity index (χ2n) is 14.2. The normalized spacial score (nSPS) is 11.9. The number of rotatable bonds is 3. The van der Waals surface area contributed by atoms with Crippen molar-refractivity contribution in [2.45, 2.75) is 0 Å². The topological polar surface area (TPSA) is 83.7 Å². The maximum Gasteiger partial charge on any atom is 0.160 e. The average molecular weight is 715 g/mol.